The average molecular weight is 267 g/mol. The first-order valence-electron chi connectivity index (χ1n) is 4.80. The zero-order chi connectivity index (χ0) is 10.9. The molecule has 0 aliphatic carbocycles. The summed E-state index contributed by atoms with van der Waals surface area (Å²) in [6, 6.07) is 0.252. The van der Waals surface area contributed by atoms with Gasteiger partial charge in [-0.2, -0.15) is 4.31 Å². The van der Waals surface area contributed by atoms with E-state index < -0.39 is 10.0 Å². The molecule has 0 radical (unpaired) electrons. The molecule has 1 aliphatic rings. The number of rotatable bonds is 3. The summed E-state index contributed by atoms with van der Waals surface area (Å²) in [5, 5.41) is 3.25. The number of hydrogen-bond acceptors (Lipinski definition) is 4. The number of aromatic amines is 1. The third-order valence-electron chi connectivity index (χ3n) is 2.65. The Kier molecular flexibility index (Phi) is 4.31. The number of sulfonamides is 1. The maximum atomic E-state index is 12.0. The third-order valence-corrected chi connectivity index (χ3v) is 4.44. The van der Waals surface area contributed by atoms with E-state index in [2.05, 4.69) is 15.3 Å². The van der Waals surface area contributed by atoms with E-state index in [1.54, 1.807) is 0 Å². The van der Waals surface area contributed by atoms with Gasteiger partial charge >= 0.3 is 0 Å². The molecule has 1 atom stereocenters. The van der Waals surface area contributed by atoms with Crippen molar-refractivity contribution in [2.24, 2.45) is 0 Å². The van der Waals surface area contributed by atoms with E-state index in [0.29, 0.717) is 13.1 Å². The van der Waals surface area contributed by atoms with Crippen LogP contribution in [-0.4, -0.2) is 48.9 Å². The summed E-state index contributed by atoms with van der Waals surface area (Å²) in [4.78, 5) is 6.35. The van der Waals surface area contributed by atoms with Gasteiger partial charge in [-0.3, -0.25) is 0 Å². The predicted octanol–water partition coefficient (Wildman–Crippen LogP) is -0.186. The topological polar surface area (TPSA) is 78.1 Å². The Bertz CT molecular complexity index is 419. The fourth-order valence-electron chi connectivity index (χ4n) is 1.71. The van der Waals surface area contributed by atoms with E-state index in [1.807, 2.05) is 7.05 Å². The van der Waals surface area contributed by atoms with Crippen LogP contribution in [0.4, 0.5) is 0 Å². The molecule has 2 rings (SSSR count). The molecule has 16 heavy (non-hydrogen) atoms. The van der Waals surface area contributed by atoms with Crippen LogP contribution in [0.3, 0.4) is 0 Å². The summed E-state index contributed by atoms with van der Waals surface area (Å²) >= 11 is 0. The molecular formula is C8H15ClN4O2S. The van der Waals surface area contributed by atoms with Gasteiger partial charge < -0.3 is 10.3 Å². The van der Waals surface area contributed by atoms with Crippen molar-refractivity contribution in [3.63, 3.8) is 0 Å². The number of nitrogens with one attached hydrogen (secondary N) is 2. The number of H-pyrrole nitrogens is 1. The summed E-state index contributed by atoms with van der Waals surface area (Å²) < 4.78 is 25.4. The van der Waals surface area contributed by atoms with Crippen LogP contribution in [0.25, 0.3) is 0 Å². The maximum Gasteiger partial charge on any atom is 0.260 e. The minimum absolute atomic E-state index is 0. The highest BCUT2D eigenvalue weighted by atomic mass is 35.5. The Morgan fingerprint density at radius 3 is 2.88 bits per heavy atom. The molecular weight excluding hydrogens is 252 g/mol. The van der Waals surface area contributed by atoms with Crippen molar-refractivity contribution in [3.8, 4) is 0 Å². The lowest BCUT2D eigenvalue weighted by atomic mass is 10.3. The van der Waals surface area contributed by atoms with Crippen molar-refractivity contribution >= 4 is 22.4 Å². The normalized spacial score (nSPS) is 21.9. The number of imidazole rings is 1. The first-order chi connectivity index (χ1) is 7.14. The fraction of sp³-hybridized carbons (Fsp3) is 0.625. The Hall–Kier alpha value is -0.630. The monoisotopic (exact) mass is 266 g/mol. The molecule has 0 amide bonds. The molecule has 1 aromatic heterocycles. The van der Waals surface area contributed by atoms with Gasteiger partial charge in [-0.05, 0) is 13.5 Å². The van der Waals surface area contributed by atoms with Crippen molar-refractivity contribution < 1.29 is 8.42 Å². The zero-order valence-corrected chi connectivity index (χ0v) is 10.5. The number of halogens is 1. The molecule has 92 valence electrons. The summed E-state index contributed by atoms with van der Waals surface area (Å²) in [6.45, 7) is 1.09. The van der Waals surface area contributed by atoms with Crippen LogP contribution in [0, 0.1) is 0 Å². The molecule has 1 aromatic rings. The molecule has 0 spiro atoms. The molecule has 2 heterocycles. The Balaban J connectivity index is 0.00000128. The van der Waals surface area contributed by atoms with Crippen molar-refractivity contribution in [2.75, 3.05) is 20.1 Å². The van der Waals surface area contributed by atoms with Gasteiger partial charge in [0.25, 0.3) is 10.0 Å². The minimum Gasteiger partial charge on any atom is -0.335 e. The second kappa shape index (κ2) is 5.13. The van der Waals surface area contributed by atoms with Gasteiger partial charge in [-0.1, -0.05) is 0 Å². The van der Waals surface area contributed by atoms with Gasteiger partial charge in [0.05, 0.1) is 12.5 Å². The molecule has 1 aliphatic heterocycles. The quantitative estimate of drug-likeness (QED) is 0.795. The highest BCUT2D eigenvalue weighted by Gasteiger charge is 2.32. The average Bonchev–Trinajstić information content (AvgIpc) is 2.89. The van der Waals surface area contributed by atoms with Crippen LogP contribution < -0.4 is 5.32 Å². The molecule has 1 saturated heterocycles. The highest BCUT2D eigenvalue weighted by molar-refractivity contribution is 7.89. The largest absolute Gasteiger partial charge is 0.335 e. The number of aromatic nitrogens is 2. The Morgan fingerprint density at radius 1 is 1.62 bits per heavy atom. The second-order valence-corrected chi connectivity index (χ2v) is 5.46. The lowest BCUT2D eigenvalue weighted by molar-refractivity contribution is 0.462. The van der Waals surface area contributed by atoms with E-state index in [-0.39, 0.29) is 23.5 Å². The molecule has 0 saturated carbocycles. The van der Waals surface area contributed by atoms with Gasteiger partial charge in [0.1, 0.15) is 0 Å². The molecule has 2 N–H and O–H groups in total. The maximum absolute atomic E-state index is 12.0. The van der Waals surface area contributed by atoms with Crippen molar-refractivity contribution in [3.05, 3.63) is 12.5 Å². The lowest BCUT2D eigenvalue weighted by Crippen LogP contribution is -2.33. The molecule has 0 bridgehead atoms. The van der Waals surface area contributed by atoms with Crippen LogP contribution in [0.5, 0.6) is 0 Å². The Morgan fingerprint density at radius 2 is 2.38 bits per heavy atom. The van der Waals surface area contributed by atoms with Crippen molar-refractivity contribution in [1.29, 1.82) is 0 Å². The third kappa shape index (κ3) is 2.37. The van der Waals surface area contributed by atoms with Gasteiger partial charge in [0.2, 0.25) is 0 Å². The van der Waals surface area contributed by atoms with E-state index in [1.165, 1.54) is 16.8 Å². The van der Waals surface area contributed by atoms with E-state index in [9.17, 15) is 8.42 Å². The summed E-state index contributed by atoms with van der Waals surface area (Å²) in [5.41, 5.74) is 0. The van der Waals surface area contributed by atoms with Crippen LogP contribution in [0.2, 0.25) is 0 Å². The van der Waals surface area contributed by atoms with Crippen LogP contribution in [-0.2, 0) is 10.0 Å². The number of hydrogen-bond donors (Lipinski definition) is 2. The van der Waals surface area contributed by atoms with Gasteiger partial charge in [-0.25, -0.2) is 13.4 Å². The molecule has 1 fully saturated rings. The summed E-state index contributed by atoms with van der Waals surface area (Å²) in [7, 11) is -1.52. The van der Waals surface area contributed by atoms with Crippen molar-refractivity contribution in [2.45, 2.75) is 17.5 Å². The number of likely N-dealkylation sites (N-methyl/N-ethyl adjacent to an activating group) is 1. The van der Waals surface area contributed by atoms with E-state index in [0.717, 1.165) is 6.42 Å². The SMILES string of the molecule is CNC1CCN(S(=O)(=O)c2cnc[nH]2)C1.Cl. The minimum atomic E-state index is -3.36. The molecule has 6 nitrogen and oxygen atoms in total. The Labute approximate surface area is 101 Å². The van der Waals surface area contributed by atoms with E-state index >= 15 is 0 Å². The van der Waals surface area contributed by atoms with E-state index in [4.69, 9.17) is 0 Å². The standard InChI is InChI=1S/C8H14N4O2S.ClH/c1-9-7-2-3-12(5-7)15(13,14)8-4-10-6-11-8;/h4,6-7,9H,2-3,5H2,1H3,(H,10,11);1H. The molecule has 0 aromatic carbocycles. The first kappa shape index (κ1) is 13.4. The summed E-state index contributed by atoms with van der Waals surface area (Å²) in [6.07, 6.45) is 3.56. The highest BCUT2D eigenvalue weighted by Crippen LogP contribution is 2.18. The predicted molar refractivity (Wildman–Crippen MR) is 62.1 cm³/mol. The molecule has 1 unspecified atom stereocenters. The molecule has 8 heteroatoms. The van der Waals surface area contributed by atoms with Gasteiger partial charge in [0.15, 0.2) is 5.03 Å². The van der Waals surface area contributed by atoms with Gasteiger partial charge in [-0.15, -0.1) is 12.4 Å². The van der Waals surface area contributed by atoms with Gasteiger partial charge in [0, 0.05) is 19.1 Å². The number of nitrogens with zero attached hydrogens (tertiary/aromatic N) is 2. The van der Waals surface area contributed by atoms with Crippen LogP contribution in [0.15, 0.2) is 17.6 Å². The van der Waals surface area contributed by atoms with Crippen LogP contribution in [0.1, 0.15) is 6.42 Å². The first-order valence-corrected chi connectivity index (χ1v) is 6.24. The van der Waals surface area contributed by atoms with Crippen molar-refractivity contribution in [1.82, 2.24) is 19.6 Å². The second-order valence-electron chi connectivity index (χ2n) is 3.55. The lowest BCUT2D eigenvalue weighted by Gasteiger charge is -2.14. The summed E-state index contributed by atoms with van der Waals surface area (Å²) in [5.74, 6) is 0. The fourth-order valence-corrected chi connectivity index (χ4v) is 3.10. The van der Waals surface area contributed by atoms with Crippen LogP contribution >= 0.6 is 12.4 Å². The zero-order valence-electron chi connectivity index (χ0n) is 8.88. The smallest absolute Gasteiger partial charge is 0.260 e.